The van der Waals surface area contributed by atoms with Crippen LogP contribution in [0.3, 0.4) is 0 Å². The van der Waals surface area contributed by atoms with Gasteiger partial charge >= 0.3 is 6.03 Å². The molecule has 6 heteroatoms. The van der Waals surface area contributed by atoms with Gasteiger partial charge in [-0.2, -0.15) is 0 Å². The molecule has 1 aromatic rings. The number of rotatable bonds is 5. The Morgan fingerprint density at radius 1 is 1.17 bits per heavy atom. The summed E-state index contributed by atoms with van der Waals surface area (Å²) in [5, 5.41) is 5.99. The molecule has 0 heterocycles. The summed E-state index contributed by atoms with van der Waals surface area (Å²) in [4.78, 5) is 12.3. The van der Waals surface area contributed by atoms with E-state index in [1.54, 1.807) is 24.3 Å². The van der Waals surface area contributed by atoms with E-state index in [4.69, 9.17) is 0 Å². The van der Waals surface area contributed by atoms with Gasteiger partial charge in [0.2, 0.25) is 0 Å². The summed E-state index contributed by atoms with van der Waals surface area (Å²) >= 11 is 0. The van der Waals surface area contributed by atoms with Crippen LogP contribution in [0.4, 0.5) is 4.79 Å². The van der Waals surface area contributed by atoms with Crippen molar-refractivity contribution in [3.05, 3.63) is 29.8 Å². The number of amides is 2. The minimum atomic E-state index is -3.15. The van der Waals surface area contributed by atoms with Crippen molar-refractivity contribution in [2.75, 3.05) is 12.8 Å². The molecule has 2 amide bonds. The summed E-state index contributed by atoms with van der Waals surface area (Å²) in [6.07, 6.45) is 6.87. The summed E-state index contributed by atoms with van der Waals surface area (Å²) in [5.74, 6) is 1.49. The molecule has 0 radical (unpaired) electrons. The lowest BCUT2D eigenvalue weighted by atomic mass is 9.95. The summed E-state index contributed by atoms with van der Waals surface area (Å²) in [5.41, 5.74) is 1.01. The lowest BCUT2D eigenvalue weighted by Gasteiger charge is -2.23. The number of sulfone groups is 1. The first kappa shape index (κ1) is 16.3. The number of hydrogen-bond acceptors (Lipinski definition) is 3. The number of hydrogen-bond donors (Lipinski definition) is 2. The van der Waals surface area contributed by atoms with Crippen LogP contribution in [0.5, 0.6) is 0 Å². The molecule has 0 aromatic heterocycles. The zero-order valence-corrected chi connectivity index (χ0v) is 14.2. The Morgan fingerprint density at radius 3 is 2.48 bits per heavy atom. The number of nitrogens with one attached hydrogen (secondary N) is 2. The SMILES string of the molecule is CS(=O)(=O)c1ccc(CCNC(=O)N[C@@H]2C[C@H]3CC[C@H]2C3)cc1. The minimum Gasteiger partial charge on any atom is -0.338 e. The van der Waals surface area contributed by atoms with Crippen LogP contribution in [0.2, 0.25) is 0 Å². The number of carbonyl (C=O) groups is 1. The van der Waals surface area contributed by atoms with E-state index in [1.165, 1.54) is 25.5 Å². The van der Waals surface area contributed by atoms with Gasteiger partial charge in [0.15, 0.2) is 9.84 Å². The molecular weight excluding hydrogens is 312 g/mol. The molecule has 126 valence electrons. The zero-order valence-electron chi connectivity index (χ0n) is 13.4. The number of fused-ring (bicyclic) bond motifs is 2. The van der Waals surface area contributed by atoms with Crippen LogP contribution in [0.1, 0.15) is 31.2 Å². The number of benzene rings is 1. The minimum absolute atomic E-state index is 0.0877. The van der Waals surface area contributed by atoms with Crippen molar-refractivity contribution in [2.45, 2.75) is 43.0 Å². The highest BCUT2D eigenvalue weighted by atomic mass is 32.2. The molecule has 2 aliphatic carbocycles. The molecule has 0 aliphatic heterocycles. The largest absolute Gasteiger partial charge is 0.338 e. The van der Waals surface area contributed by atoms with Crippen molar-refractivity contribution in [2.24, 2.45) is 11.8 Å². The summed E-state index contributed by atoms with van der Waals surface area (Å²) < 4.78 is 22.8. The maximum atomic E-state index is 11.9. The maximum Gasteiger partial charge on any atom is 0.315 e. The van der Waals surface area contributed by atoms with E-state index in [2.05, 4.69) is 10.6 Å². The van der Waals surface area contributed by atoms with Crippen LogP contribution in [0.15, 0.2) is 29.2 Å². The highest BCUT2D eigenvalue weighted by Crippen LogP contribution is 2.44. The first-order chi connectivity index (χ1) is 10.9. The van der Waals surface area contributed by atoms with Crippen LogP contribution in [-0.4, -0.2) is 33.3 Å². The Kier molecular flexibility index (Phi) is 4.62. The van der Waals surface area contributed by atoms with Gasteiger partial charge in [-0.1, -0.05) is 18.6 Å². The molecule has 2 fully saturated rings. The molecule has 0 saturated heterocycles. The van der Waals surface area contributed by atoms with Gasteiger partial charge in [0.05, 0.1) is 4.90 Å². The molecular formula is C17H24N2O3S. The van der Waals surface area contributed by atoms with Gasteiger partial charge in [-0.15, -0.1) is 0 Å². The van der Waals surface area contributed by atoms with Crippen molar-refractivity contribution in [3.8, 4) is 0 Å². The highest BCUT2D eigenvalue weighted by Gasteiger charge is 2.39. The molecule has 2 saturated carbocycles. The third kappa shape index (κ3) is 4.05. The predicted molar refractivity (Wildman–Crippen MR) is 89.0 cm³/mol. The van der Waals surface area contributed by atoms with Crippen molar-refractivity contribution in [3.63, 3.8) is 0 Å². The van der Waals surface area contributed by atoms with Crippen molar-refractivity contribution in [1.82, 2.24) is 10.6 Å². The second kappa shape index (κ2) is 6.51. The normalized spacial score (nSPS) is 26.2. The summed E-state index contributed by atoms with van der Waals surface area (Å²) in [6, 6.07) is 7.08. The first-order valence-electron chi connectivity index (χ1n) is 8.25. The average Bonchev–Trinajstić information content (AvgIpc) is 3.09. The summed E-state index contributed by atoms with van der Waals surface area (Å²) in [7, 11) is -3.15. The molecule has 5 nitrogen and oxygen atoms in total. The quantitative estimate of drug-likeness (QED) is 0.865. The predicted octanol–water partition coefficient (Wildman–Crippen LogP) is 2.12. The molecule has 0 spiro atoms. The van der Waals surface area contributed by atoms with E-state index in [1.807, 2.05) is 0 Å². The van der Waals surface area contributed by atoms with Gasteiger partial charge in [0, 0.05) is 18.8 Å². The molecule has 3 rings (SSSR count). The van der Waals surface area contributed by atoms with Gasteiger partial charge < -0.3 is 10.6 Å². The van der Waals surface area contributed by atoms with Gasteiger partial charge in [-0.05, 0) is 55.2 Å². The number of carbonyl (C=O) groups excluding carboxylic acids is 1. The Morgan fingerprint density at radius 2 is 1.91 bits per heavy atom. The Balaban J connectivity index is 1.41. The van der Waals surface area contributed by atoms with Crippen LogP contribution in [-0.2, 0) is 16.3 Å². The van der Waals surface area contributed by atoms with Gasteiger partial charge in [-0.25, -0.2) is 13.2 Å². The van der Waals surface area contributed by atoms with Crippen LogP contribution in [0.25, 0.3) is 0 Å². The van der Waals surface area contributed by atoms with Crippen LogP contribution >= 0.6 is 0 Å². The fourth-order valence-electron chi connectivity index (χ4n) is 3.86. The Hall–Kier alpha value is -1.56. The van der Waals surface area contributed by atoms with Crippen molar-refractivity contribution >= 4 is 15.9 Å². The van der Waals surface area contributed by atoms with E-state index in [0.717, 1.165) is 17.9 Å². The zero-order chi connectivity index (χ0) is 16.4. The average molecular weight is 336 g/mol. The van der Waals surface area contributed by atoms with E-state index in [-0.39, 0.29) is 6.03 Å². The second-order valence-corrected chi connectivity index (χ2v) is 8.86. The number of urea groups is 1. The maximum absolute atomic E-state index is 11.9. The second-order valence-electron chi connectivity index (χ2n) is 6.85. The molecule has 3 atom stereocenters. The van der Waals surface area contributed by atoms with Crippen molar-refractivity contribution < 1.29 is 13.2 Å². The third-order valence-corrected chi connectivity index (χ3v) is 6.23. The smallest absolute Gasteiger partial charge is 0.315 e. The fourth-order valence-corrected chi connectivity index (χ4v) is 4.50. The molecule has 2 aliphatic rings. The van der Waals surface area contributed by atoms with Gasteiger partial charge in [0.1, 0.15) is 0 Å². The standard InChI is InChI=1S/C17H24N2O3S/c1-23(21,22)15-6-3-12(4-7-15)8-9-18-17(20)19-16-11-13-2-5-14(16)10-13/h3-4,6-7,13-14,16H,2,5,8-11H2,1H3,(H2,18,19,20)/t13-,14-,16+/m0/s1. The van der Waals surface area contributed by atoms with Gasteiger partial charge in [0.25, 0.3) is 0 Å². The van der Waals surface area contributed by atoms with E-state index in [0.29, 0.717) is 29.8 Å². The van der Waals surface area contributed by atoms with E-state index in [9.17, 15) is 13.2 Å². The highest BCUT2D eigenvalue weighted by molar-refractivity contribution is 7.90. The first-order valence-corrected chi connectivity index (χ1v) is 10.1. The van der Waals surface area contributed by atoms with Crippen LogP contribution in [0, 0.1) is 11.8 Å². The molecule has 23 heavy (non-hydrogen) atoms. The topological polar surface area (TPSA) is 75.3 Å². The Labute approximate surface area is 137 Å². The molecule has 2 N–H and O–H groups in total. The van der Waals surface area contributed by atoms with E-state index >= 15 is 0 Å². The van der Waals surface area contributed by atoms with Crippen LogP contribution < -0.4 is 10.6 Å². The molecule has 2 bridgehead atoms. The van der Waals surface area contributed by atoms with Gasteiger partial charge in [-0.3, -0.25) is 0 Å². The van der Waals surface area contributed by atoms with E-state index < -0.39 is 9.84 Å². The van der Waals surface area contributed by atoms with Crippen molar-refractivity contribution in [1.29, 1.82) is 0 Å². The lowest BCUT2D eigenvalue weighted by molar-refractivity contribution is 0.231. The lowest BCUT2D eigenvalue weighted by Crippen LogP contribution is -2.44. The third-order valence-electron chi connectivity index (χ3n) is 5.11. The summed E-state index contributed by atoms with van der Waals surface area (Å²) in [6.45, 7) is 0.546. The molecule has 0 unspecified atom stereocenters. The Bertz CT molecular complexity index is 670. The molecule has 1 aromatic carbocycles. The monoisotopic (exact) mass is 336 g/mol. The fraction of sp³-hybridized carbons (Fsp3) is 0.588.